The molecule has 9 heavy (non-hydrogen) atoms. The smallest absolute Gasteiger partial charge is 0.0584 e. The zero-order valence-electron chi connectivity index (χ0n) is 5.31. The highest BCUT2D eigenvalue weighted by Gasteiger charge is 2.16. The molecule has 1 fully saturated rings. The van der Waals surface area contributed by atoms with Gasteiger partial charge in [0.2, 0.25) is 0 Å². The Balaban J connectivity index is 2.18. The Bertz CT molecular complexity index is 81.1. The molecule has 0 saturated carbocycles. The van der Waals surface area contributed by atoms with Crippen LogP contribution in [0, 0.1) is 0 Å². The molecule has 1 aliphatic heterocycles. The van der Waals surface area contributed by atoms with Gasteiger partial charge in [-0.25, -0.2) is 0 Å². The van der Waals surface area contributed by atoms with Crippen molar-refractivity contribution < 1.29 is 5.11 Å². The average Bonchev–Trinajstić information content (AvgIpc) is 1.90. The summed E-state index contributed by atoms with van der Waals surface area (Å²) in [7, 11) is 0. The van der Waals surface area contributed by atoms with Crippen LogP contribution < -0.4 is 5.32 Å². The van der Waals surface area contributed by atoms with E-state index in [0.717, 1.165) is 13.0 Å². The van der Waals surface area contributed by atoms with Crippen LogP contribution in [0.5, 0.6) is 0 Å². The molecule has 0 radical (unpaired) electrons. The van der Waals surface area contributed by atoms with Crippen molar-refractivity contribution in [3.05, 3.63) is 0 Å². The molecule has 3 heteroatoms. The third-order valence-electron chi connectivity index (χ3n) is 1.68. The van der Waals surface area contributed by atoms with Gasteiger partial charge in [-0.15, -0.1) is 0 Å². The molecule has 1 heterocycles. The van der Waals surface area contributed by atoms with Gasteiger partial charge < -0.3 is 10.4 Å². The van der Waals surface area contributed by atoms with Gasteiger partial charge in [0, 0.05) is 17.4 Å². The lowest BCUT2D eigenvalue weighted by molar-refractivity contribution is 0.222. The highest BCUT2D eigenvalue weighted by Crippen LogP contribution is 2.13. The van der Waals surface area contributed by atoms with Crippen molar-refractivity contribution in [1.29, 1.82) is 0 Å². The Morgan fingerprint density at radius 1 is 1.56 bits per heavy atom. The first kappa shape index (κ1) is 7.51. The molecule has 0 bridgehead atoms. The van der Waals surface area contributed by atoms with Gasteiger partial charge in [-0.05, 0) is 12.8 Å². The fraction of sp³-hybridized carbons (Fsp3) is 1.00. The predicted octanol–water partition coefficient (Wildman–Crippen LogP) is 0.494. The second kappa shape index (κ2) is 3.54. The Kier molecular flexibility index (Phi) is 2.95. The second-order valence-corrected chi connectivity index (χ2v) is 3.76. The third kappa shape index (κ3) is 2.24. The maximum absolute atomic E-state index is 8.70. The van der Waals surface area contributed by atoms with E-state index in [-0.39, 0.29) is 6.61 Å². The van der Waals surface area contributed by atoms with Crippen molar-refractivity contribution in [2.45, 2.75) is 23.7 Å². The quantitative estimate of drug-likeness (QED) is 0.595. The molecule has 1 rings (SSSR count). The van der Waals surface area contributed by atoms with E-state index in [1.54, 1.807) is 0 Å². The fourth-order valence-corrected chi connectivity index (χ4v) is 1.49. The molecule has 0 aromatic heterocycles. The minimum absolute atomic E-state index is 0.277. The number of aliphatic hydroxyl groups is 1. The number of piperidine rings is 1. The van der Waals surface area contributed by atoms with Crippen molar-refractivity contribution in [2.75, 3.05) is 13.2 Å². The van der Waals surface area contributed by atoms with Gasteiger partial charge in [-0.1, -0.05) is 15.9 Å². The number of rotatable bonds is 1. The van der Waals surface area contributed by atoms with Crippen molar-refractivity contribution in [3.8, 4) is 0 Å². The molecule has 0 aromatic carbocycles. The predicted molar refractivity (Wildman–Crippen MR) is 40.8 cm³/mol. The van der Waals surface area contributed by atoms with E-state index >= 15 is 0 Å². The van der Waals surface area contributed by atoms with Crippen LogP contribution in [0.3, 0.4) is 0 Å². The Morgan fingerprint density at radius 2 is 2.33 bits per heavy atom. The summed E-state index contributed by atoms with van der Waals surface area (Å²) in [5, 5.41) is 11.9. The summed E-state index contributed by atoms with van der Waals surface area (Å²) < 4.78 is 0. The molecule has 2 atom stereocenters. The summed E-state index contributed by atoms with van der Waals surface area (Å²) in [6.45, 7) is 1.27. The fourth-order valence-electron chi connectivity index (χ4n) is 1.04. The first-order valence-corrected chi connectivity index (χ1v) is 4.23. The standard InChI is InChI=1S/C6H12BrNO/c7-5-1-2-6(4-9)8-3-5/h5-6,8-9H,1-4H2. The maximum Gasteiger partial charge on any atom is 0.0584 e. The molecule has 0 amide bonds. The Morgan fingerprint density at radius 3 is 2.78 bits per heavy atom. The molecule has 2 N–H and O–H groups in total. The van der Waals surface area contributed by atoms with Gasteiger partial charge in [0.25, 0.3) is 0 Å². The molecule has 54 valence electrons. The van der Waals surface area contributed by atoms with Gasteiger partial charge in [0.1, 0.15) is 0 Å². The van der Waals surface area contributed by atoms with Crippen LogP contribution in [-0.4, -0.2) is 29.1 Å². The molecular weight excluding hydrogens is 182 g/mol. The van der Waals surface area contributed by atoms with E-state index in [0.29, 0.717) is 10.9 Å². The van der Waals surface area contributed by atoms with E-state index < -0.39 is 0 Å². The first-order chi connectivity index (χ1) is 4.33. The number of hydrogen-bond acceptors (Lipinski definition) is 2. The maximum atomic E-state index is 8.70. The van der Waals surface area contributed by atoms with Crippen LogP contribution in [0.2, 0.25) is 0 Å². The summed E-state index contributed by atoms with van der Waals surface area (Å²) in [4.78, 5) is 0.611. The van der Waals surface area contributed by atoms with E-state index in [4.69, 9.17) is 5.11 Å². The lowest BCUT2D eigenvalue weighted by Gasteiger charge is -2.24. The van der Waals surface area contributed by atoms with E-state index in [1.807, 2.05) is 0 Å². The molecule has 2 nitrogen and oxygen atoms in total. The number of aliphatic hydroxyl groups excluding tert-OH is 1. The number of halogens is 1. The Labute approximate surface area is 63.8 Å². The summed E-state index contributed by atoms with van der Waals surface area (Å²) in [5.41, 5.74) is 0. The average molecular weight is 194 g/mol. The lowest BCUT2D eigenvalue weighted by atomic mass is 10.1. The minimum atomic E-state index is 0.277. The number of hydrogen-bond donors (Lipinski definition) is 2. The summed E-state index contributed by atoms with van der Waals surface area (Å²) in [6.07, 6.45) is 2.27. The van der Waals surface area contributed by atoms with Crippen LogP contribution in [-0.2, 0) is 0 Å². The first-order valence-electron chi connectivity index (χ1n) is 3.31. The van der Waals surface area contributed by atoms with Gasteiger partial charge in [0.15, 0.2) is 0 Å². The van der Waals surface area contributed by atoms with Crippen molar-refractivity contribution >= 4 is 15.9 Å². The number of nitrogens with one attached hydrogen (secondary N) is 1. The summed E-state index contributed by atoms with van der Waals surface area (Å²) in [6, 6.07) is 0.346. The zero-order chi connectivity index (χ0) is 6.69. The Hall–Kier alpha value is 0.400. The van der Waals surface area contributed by atoms with Gasteiger partial charge in [-0.3, -0.25) is 0 Å². The molecule has 1 saturated heterocycles. The van der Waals surface area contributed by atoms with Crippen LogP contribution in [0.1, 0.15) is 12.8 Å². The summed E-state index contributed by atoms with van der Waals surface area (Å²) >= 11 is 3.50. The largest absolute Gasteiger partial charge is 0.395 e. The lowest BCUT2D eigenvalue weighted by Crippen LogP contribution is -2.41. The van der Waals surface area contributed by atoms with Crippen LogP contribution >= 0.6 is 15.9 Å². The number of alkyl halides is 1. The van der Waals surface area contributed by atoms with Crippen LogP contribution in [0.15, 0.2) is 0 Å². The minimum Gasteiger partial charge on any atom is -0.395 e. The van der Waals surface area contributed by atoms with Gasteiger partial charge >= 0.3 is 0 Å². The molecule has 0 aromatic rings. The normalized spacial score (nSPS) is 36.7. The molecular formula is C6H12BrNO. The molecule has 2 unspecified atom stereocenters. The molecule has 0 aliphatic carbocycles. The molecule has 0 spiro atoms. The monoisotopic (exact) mass is 193 g/mol. The van der Waals surface area contributed by atoms with E-state index in [2.05, 4.69) is 21.2 Å². The highest BCUT2D eigenvalue weighted by atomic mass is 79.9. The van der Waals surface area contributed by atoms with Gasteiger partial charge in [-0.2, -0.15) is 0 Å². The zero-order valence-corrected chi connectivity index (χ0v) is 6.89. The third-order valence-corrected chi connectivity index (χ3v) is 2.46. The van der Waals surface area contributed by atoms with Crippen molar-refractivity contribution in [1.82, 2.24) is 5.32 Å². The van der Waals surface area contributed by atoms with Crippen LogP contribution in [0.25, 0.3) is 0 Å². The van der Waals surface area contributed by atoms with Crippen LogP contribution in [0.4, 0.5) is 0 Å². The SMILES string of the molecule is OCC1CCC(Br)CN1. The van der Waals surface area contributed by atoms with E-state index in [9.17, 15) is 0 Å². The topological polar surface area (TPSA) is 32.3 Å². The summed E-state index contributed by atoms with van der Waals surface area (Å²) in [5.74, 6) is 0. The van der Waals surface area contributed by atoms with Crippen molar-refractivity contribution in [2.24, 2.45) is 0 Å². The highest BCUT2D eigenvalue weighted by molar-refractivity contribution is 9.09. The van der Waals surface area contributed by atoms with E-state index in [1.165, 1.54) is 6.42 Å². The van der Waals surface area contributed by atoms with Crippen molar-refractivity contribution in [3.63, 3.8) is 0 Å². The second-order valence-electron chi connectivity index (χ2n) is 2.46. The van der Waals surface area contributed by atoms with Gasteiger partial charge in [0.05, 0.1) is 6.61 Å². The molecule has 1 aliphatic rings.